The third-order valence-electron chi connectivity index (χ3n) is 3.80. The van der Waals surface area contributed by atoms with E-state index in [1.54, 1.807) is 7.05 Å². The molecule has 1 aliphatic heterocycles. The highest BCUT2D eigenvalue weighted by Gasteiger charge is 2.22. The van der Waals surface area contributed by atoms with Crippen molar-refractivity contribution in [1.29, 1.82) is 0 Å². The molecule has 7 nitrogen and oxygen atoms in total. The molecule has 1 amide bonds. The molecule has 26 heavy (non-hydrogen) atoms. The summed E-state index contributed by atoms with van der Waals surface area (Å²) in [6, 6.07) is 4.00. The first-order chi connectivity index (χ1) is 12.6. The second kappa shape index (κ2) is 8.59. The van der Waals surface area contributed by atoms with E-state index < -0.39 is 0 Å². The summed E-state index contributed by atoms with van der Waals surface area (Å²) in [7, 11) is 1.79. The number of amides is 1. The number of anilines is 1. The average molecular weight is 395 g/mol. The highest BCUT2D eigenvalue weighted by atomic mass is 32.2. The minimum absolute atomic E-state index is 0.0616. The lowest BCUT2D eigenvalue weighted by molar-refractivity contribution is -0.118. The van der Waals surface area contributed by atoms with E-state index >= 15 is 0 Å². The van der Waals surface area contributed by atoms with Gasteiger partial charge in [0.15, 0.2) is 4.34 Å². The molecule has 0 bridgehead atoms. The number of hydrogen-bond acceptors (Lipinski definition) is 8. The summed E-state index contributed by atoms with van der Waals surface area (Å²) in [6.07, 6.45) is 1.06. The van der Waals surface area contributed by atoms with Gasteiger partial charge in [-0.1, -0.05) is 23.1 Å². The van der Waals surface area contributed by atoms with Crippen molar-refractivity contribution in [1.82, 2.24) is 15.5 Å². The summed E-state index contributed by atoms with van der Waals surface area (Å²) in [4.78, 5) is 12.2. The second-order valence-electron chi connectivity index (χ2n) is 5.82. The molecule has 0 aliphatic carbocycles. The van der Waals surface area contributed by atoms with E-state index in [2.05, 4.69) is 20.8 Å². The molecule has 140 valence electrons. The summed E-state index contributed by atoms with van der Waals surface area (Å²) in [5.41, 5.74) is 2.08. The molecule has 0 saturated carbocycles. The number of aromatic nitrogens is 2. The number of ether oxygens (including phenoxy) is 2. The Morgan fingerprint density at radius 1 is 1.46 bits per heavy atom. The first-order valence-electron chi connectivity index (χ1n) is 8.45. The fourth-order valence-corrected chi connectivity index (χ4v) is 4.19. The number of carbonyl (C=O) groups excluding carboxylic acids is 1. The van der Waals surface area contributed by atoms with Gasteiger partial charge in [0.05, 0.1) is 12.4 Å². The van der Waals surface area contributed by atoms with E-state index in [1.165, 1.54) is 23.1 Å². The fourth-order valence-electron chi connectivity index (χ4n) is 2.65. The van der Waals surface area contributed by atoms with Gasteiger partial charge in [0.1, 0.15) is 17.6 Å². The molecule has 0 fully saturated rings. The molecule has 1 atom stereocenters. The third-order valence-corrected chi connectivity index (χ3v) is 5.88. The normalized spacial score (nSPS) is 15.3. The van der Waals surface area contributed by atoms with E-state index in [4.69, 9.17) is 9.47 Å². The monoisotopic (exact) mass is 394 g/mol. The Labute approximate surface area is 160 Å². The van der Waals surface area contributed by atoms with Crippen LogP contribution in [0, 0.1) is 0 Å². The highest BCUT2D eigenvalue weighted by Crippen LogP contribution is 2.35. The number of thioether (sulfide) groups is 1. The predicted octanol–water partition coefficient (Wildman–Crippen LogP) is 2.71. The number of benzene rings is 1. The number of hydrogen-bond donors (Lipinski definition) is 2. The Balaban J connectivity index is 1.58. The standard InChI is InChI=1S/C17H22N4O3S2/c1-4-23-13-6-11-5-10(2)24-14(11)7-12(13)8-19-15(22)9-25-17-21-20-16(18-3)26-17/h6-7,10H,4-5,8-9H2,1-3H3,(H,18,20)(H,19,22)/t10-/m0/s1. The largest absolute Gasteiger partial charge is 0.494 e. The molecular formula is C17H22N4O3S2. The molecule has 3 rings (SSSR count). The Bertz CT molecular complexity index is 781. The van der Waals surface area contributed by atoms with Crippen LogP contribution in [0.1, 0.15) is 25.0 Å². The van der Waals surface area contributed by atoms with Crippen LogP contribution in [0.15, 0.2) is 16.5 Å². The van der Waals surface area contributed by atoms with Crippen molar-refractivity contribution in [3.63, 3.8) is 0 Å². The number of carbonyl (C=O) groups is 1. The molecular weight excluding hydrogens is 372 g/mol. The van der Waals surface area contributed by atoms with Gasteiger partial charge >= 0.3 is 0 Å². The molecule has 0 spiro atoms. The molecule has 2 heterocycles. The quantitative estimate of drug-likeness (QED) is 0.666. The zero-order valence-corrected chi connectivity index (χ0v) is 16.6. The SMILES string of the molecule is CCOc1cc2c(cc1CNC(=O)CSc1nnc(NC)s1)O[C@@H](C)C2. The van der Waals surface area contributed by atoms with Crippen LogP contribution in [-0.2, 0) is 17.8 Å². The van der Waals surface area contributed by atoms with E-state index in [-0.39, 0.29) is 12.0 Å². The maximum absolute atomic E-state index is 12.2. The molecule has 1 aliphatic rings. The van der Waals surface area contributed by atoms with Crippen LogP contribution in [-0.4, -0.2) is 41.6 Å². The highest BCUT2D eigenvalue weighted by molar-refractivity contribution is 8.01. The van der Waals surface area contributed by atoms with Crippen molar-refractivity contribution in [2.75, 3.05) is 24.7 Å². The zero-order chi connectivity index (χ0) is 18.5. The van der Waals surface area contributed by atoms with Gasteiger partial charge < -0.3 is 20.1 Å². The van der Waals surface area contributed by atoms with Crippen molar-refractivity contribution in [2.45, 2.75) is 37.3 Å². The Morgan fingerprint density at radius 3 is 3.04 bits per heavy atom. The molecule has 0 saturated heterocycles. The molecule has 1 aromatic heterocycles. The van der Waals surface area contributed by atoms with Crippen LogP contribution in [0.25, 0.3) is 0 Å². The summed E-state index contributed by atoms with van der Waals surface area (Å²) in [6.45, 7) is 4.98. The lowest BCUT2D eigenvalue weighted by atomic mass is 10.1. The number of fused-ring (bicyclic) bond motifs is 1. The van der Waals surface area contributed by atoms with E-state index in [0.29, 0.717) is 18.9 Å². The summed E-state index contributed by atoms with van der Waals surface area (Å²) in [5.74, 6) is 1.92. The van der Waals surface area contributed by atoms with Gasteiger partial charge in [-0.25, -0.2) is 0 Å². The molecule has 2 aromatic rings. The van der Waals surface area contributed by atoms with E-state index in [9.17, 15) is 4.79 Å². The van der Waals surface area contributed by atoms with Gasteiger partial charge in [0, 0.05) is 31.1 Å². The van der Waals surface area contributed by atoms with Crippen LogP contribution in [0.4, 0.5) is 5.13 Å². The number of nitrogens with zero attached hydrogens (tertiary/aromatic N) is 2. The predicted molar refractivity (Wildman–Crippen MR) is 103 cm³/mol. The van der Waals surface area contributed by atoms with Gasteiger partial charge in [0.2, 0.25) is 11.0 Å². The van der Waals surface area contributed by atoms with Crippen molar-refractivity contribution < 1.29 is 14.3 Å². The number of nitrogens with one attached hydrogen (secondary N) is 2. The maximum atomic E-state index is 12.2. The summed E-state index contributed by atoms with van der Waals surface area (Å²) >= 11 is 2.80. The molecule has 9 heteroatoms. The first-order valence-corrected chi connectivity index (χ1v) is 10.2. The van der Waals surface area contributed by atoms with Crippen LogP contribution in [0.3, 0.4) is 0 Å². The van der Waals surface area contributed by atoms with Gasteiger partial charge in [-0.2, -0.15) is 0 Å². The Morgan fingerprint density at radius 2 is 2.31 bits per heavy atom. The minimum atomic E-state index is -0.0616. The molecule has 2 N–H and O–H groups in total. The van der Waals surface area contributed by atoms with Crippen molar-refractivity contribution in [3.8, 4) is 11.5 Å². The summed E-state index contributed by atoms with van der Waals surface area (Å²) < 4.78 is 12.3. The number of rotatable bonds is 8. The first kappa shape index (κ1) is 18.8. The lowest BCUT2D eigenvalue weighted by Crippen LogP contribution is -2.24. The minimum Gasteiger partial charge on any atom is -0.494 e. The van der Waals surface area contributed by atoms with Gasteiger partial charge in [-0.3, -0.25) is 4.79 Å². The Hall–Kier alpha value is -2.00. The van der Waals surface area contributed by atoms with E-state index in [0.717, 1.165) is 38.5 Å². The topological polar surface area (TPSA) is 85.4 Å². The van der Waals surface area contributed by atoms with Gasteiger partial charge in [-0.15, -0.1) is 10.2 Å². The second-order valence-corrected chi connectivity index (χ2v) is 8.02. The van der Waals surface area contributed by atoms with Crippen molar-refractivity contribution >= 4 is 34.1 Å². The van der Waals surface area contributed by atoms with Gasteiger partial charge in [0.25, 0.3) is 0 Å². The molecule has 0 unspecified atom stereocenters. The van der Waals surface area contributed by atoms with Crippen LogP contribution < -0.4 is 20.1 Å². The maximum Gasteiger partial charge on any atom is 0.230 e. The van der Waals surface area contributed by atoms with Gasteiger partial charge in [-0.05, 0) is 26.0 Å². The zero-order valence-electron chi connectivity index (χ0n) is 15.0. The van der Waals surface area contributed by atoms with Crippen molar-refractivity contribution in [3.05, 3.63) is 23.3 Å². The summed E-state index contributed by atoms with van der Waals surface area (Å²) in [5, 5.41) is 14.6. The lowest BCUT2D eigenvalue weighted by Gasteiger charge is -2.13. The van der Waals surface area contributed by atoms with E-state index in [1.807, 2.05) is 26.0 Å². The molecule has 1 aromatic carbocycles. The third kappa shape index (κ3) is 4.59. The molecule has 0 radical (unpaired) electrons. The Kier molecular flexibility index (Phi) is 6.20. The van der Waals surface area contributed by atoms with Crippen molar-refractivity contribution in [2.24, 2.45) is 0 Å². The van der Waals surface area contributed by atoms with Crippen LogP contribution in [0.5, 0.6) is 11.5 Å². The van der Waals surface area contributed by atoms with Crippen LogP contribution >= 0.6 is 23.1 Å². The smallest absolute Gasteiger partial charge is 0.230 e. The average Bonchev–Trinajstić information content (AvgIpc) is 3.23. The fraction of sp³-hybridized carbons (Fsp3) is 0.471. The van der Waals surface area contributed by atoms with Crippen LogP contribution in [0.2, 0.25) is 0 Å².